The Morgan fingerprint density at radius 2 is 1.77 bits per heavy atom. The van der Waals surface area contributed by atoms with Crippen LogP contribution in [0.25, 0.3) is 0 Å². The first-order valence-corrected chi connectivity index (χ1v) is 7.19. The average molecular weight is 323 g/mol. The molecule has 1 heterocycles. The molecule has 0 saturated carbocycles. The number of benzene rings is 1. The predicted molar refractivity (Wildman–Crippen MR) is 90.3 cm³/mol. The van der Waals surface area contributed by atoms with Gasteiger partial charge in [0, 0.05) is 0 Å². The molecular weight excluding hydrogens is 300 g/mol. The molecule has 1 amide bonds. The summed E-state index contributed by atoms with van der Waals surface area (Å²) in [5, 5.41) is 2.96. The molecule has 1 aromatic carbocycles. The van der Waals surface area contributed by atoms with Gasteiger partial charge in [-0.3, -0.25) is 4.79 Å². The molecule has 3 N–H and O–H groups in total. The summed E-state index contributed by atoms with van der Waals surface area (Å²) in [7, 11) is 0. The van der Waals surface area contributed by atoms with Crippen molar-refractivity contribution < 1.29 is 9.21 Å². The summed E-state index contributed by atoms with van der Waals surface area (Å²) < 4.78 is 5.18. The van der Waals surface area contributed by atoms with Crippen molar-refractivity contribution in [2.75, 3.05) is 0 Å². The lowest BCUT2D eigenvalue weighted by atomic mass is 9.99. The van der Waals surface area contributed by atoms with Crippen LogP contribution in [0.5, 0.6) is 0 Å². The Bertz CT molecular complexity index is 605. The standard InChI is InChI=1S/C17H22N2O2.ClH/c1-11(2)13-4-6-14(7-5-13)12(3)19-17(20)15-8-16(9-18)21-10-15;/h4-8,10-12H,9,18H2,1-3H3,(H,19,20);1H. The first kappa shape index (κ1) is 18.3. The molecule has 2 rings (SSSR count). The third kappa shape index (κ3) is 4.36. The minimum atomic E-state index is -0.154. The lowest BCUT2D eigenvalue weighted by Gasteiger charge is -2.15. The number of amides is 1. The van der Waals surface area contributed by atoms with Crippen molar-refractivity contribution >= 4 is 18.3 Å². The van der Waals surface area contributed by atoms with Crippen LogP contribution in [0.2, 0.25) is 0 Å². The smallest absolute Gasteiger partial charge is 0.255 e. The Labute approximate surface area is 137 Å². The number of furan rings is 1. The molecule has 5 heteroatoms. The van der Waals surface area contributed by atoms with Gasteiger partial charge in [-0.2, -0.15) is 0 Å². The molecule has 1 unspecified atom stereocenters. The van der Waals surface area contributed by atoms with Crippen molar-refractivity contribution in [1.82, 2.24) is 5.32 Å². The van der Waals surface area contributed by atoms with Gasteiger partial charge in [-0.15, -0.1) is 12.4 Å². The molecule has 0 radical (unpaired) electrons. The summed E-state index contributed by atoms with van der Waals surface area (Å²) in [6.07, 6.45) is 1.44. The van der Waals surface area contributed by atoms with Gasteiger partial charge in [-0.25, -0.2) is 0 Å². The second kappa shape index (κ2) is 8.01. The Balaban J connectivity index is 0.00000242. The maximum absolute atomic E-state index is 12.1. The second-order valence-corrected chi connectivity index (χ2v) is 5.52. The van der Waals surface area contributed by atoms with E-state index < -0.39 is 0 Å². The molecule has 0 aliphatic rings. The molecule has 120 valence electrons. The topological polar surface area (TPSA) is 68.3 Å². The van der Waals surface area contributed by atoms with Crippen molar-refractivity contribution in [2.45, 2.75) is 39.3 Å². The molecule has 1 atom stereocenters. The number of carbonyl (C=O) groups is 1. The van der Waals surface area contributed by atoms with Crippen molar-refractivity contribution in [3.63, 3.8) is 0 Å². The van der Waals surface area contributed by atoms with Gasteiger partial charge in [0.15, 0.2) is 0 Å². The molecule has 0 aliphatic carbocycles. The number of hydrogen-bond acceptors (Lipinski definition) is 3. The normalized spacial score (nSPS) is 11.9. The lowest BCUT2D eigenvalue weighted by Crippen LogP contribution is -2.26. The van der Waals surface area contributed by atoms with Crippen LogP contribution in [0, 0.1) is 0 Å². The largest absolute Gasteiger partial charge is 0.467 e. The van der Waals surface area contributed by atoms with Crippen LogP contribution in [0.1, 0.15) is 60.0 Å². The van der Waals surface area contributed by atoms with Gasteiger partial charge in [-0.1, -0.05) is 38.1 Å². The van der Waals surface area contributed by atoms with Crippen LogP contribution in [-0.2, 0) is 6.54 Å². The molecule has 0 spiro atoms. The highest BCUT2D eigenvalue weighted by molar-refractivity contribution is 5.94. The fourth-order valence-corrected chi connectivity index (χ4v) is 2.14. The van der Waals surface area contributed by atoms with E-state index in [1.807, 2.05) is 6.92 Å². The molecular formula is C17H23ClN2O2. The summed E-state index contributed by atoms with van der Waals surface area (Å²) in [6.45, 7) is 6.58. The van der Waals surface area contributed by atoms with E-state index in [0.29, 0.717) is 23.8 Å². The zero-order chi connectivity index (χ0) is 15.4. The van der Waals surface area contributed by atoms with Crippen molar-refractivity contribution in [3.05, 3.63) is 59.0 Å². The maximum Gasteiger partial charge on any atom is 0.255 e. The van der Waals surface area contributed by atoms with Crippen LogP contribution in [-0.4, -0.2) is 5.91 Å². The van der Waals surface area contributed by atoms with E-state index in [1.54, 1.807) is 6.07 Å². The second-order valence-electron chi connectivity index (χ2n) is 5.52. The number of carbonyl (C=O) groups excluding carboxylic acids is 1. The number of rotatable bonds is 5. The Kier molecular flexibility index (Phi) is 6.65. The highest BCUT2D eigenvalue weighted by Gasteiger charge is 2.14. The lowest BCUT2D eigenvalue weighted by molar-refractivity contribution is 0.0939. The van der Waals surface area contributed by atoms with Crippen molar-refractivity contribution in [3.8, 4) is 0 Å². The van der Waals surface area contributed by atoms with Gasteiger partial charge < -0.3 is 15.5 Å². The third-order valence-electron chi connectivity index (χ3n) is 3.57. The summed E-state index contributed by atoms with van der Waals surface area (Å²) in [4.78, 5) is 12.1. The van der Waals surface area contributed by atoms with E-state index in [4.69, 9.17) is 10.2 Å². The molecule has 0 saturated heterocycles. The minimum Gasteiger partial charge on any atom is -0.467 e. The monoisotopic (exact) mass is 322 g/mol. The Hall–Kier alpha value is -1.78. The van der Waals surface area contributed by atoms with Gasteiger partial charge in [0.1, 0.15) is 12.0 Å². The van der Waals surface area contributed by atoms with Gasteiger partial charge in [0.05, 0.1) is 18.2 Å². The molecule has 4 nitrogen and oxygen atoms in total. The maximum atomic E-state index is 12.1. The van der Waals surface area contributed by atoms with Crippen LogP contribution in [0.3, 0.4) is 0 Å². The third-order valence-corrected chi connectivity index (χ3v) is 3.57. The van der Waals surface area contributed by atoms with Crippen LogP contribution < -0.4 is 11.1 Å². The number of hydrogen-bond donors (Lipinski definition) is 2. The fraction of sp³-hybridized carbons (Fsp3) is 0.353. The van der Waals surface area contributed by atoms with Gasteiger partial charge in [0.25, 0.3) is 5.91 Å². The van der Waals surface area contributed by atoms with Crippen LogP contribution >= 0.6 is 12.4 Å². The number of nitrogens with two attached hydrogens (primary N) is 1. The summed E-state index contributed by atoms with van der Waals surface area (Å²) in [5.41, 5.74) is 8.34. The van der Waals surface area contributed by atoms with E-state index in [0.717, 1.165) is 5.56 Å². The predicted octanol–water partition coefficient (Wildman–Crippen LogP) is 3.77. The van der Waals surface area contributed by atoms with Crippen molar-refractivity contribution in [1.29, 1.82) is 0 Å². The van der Waals surface area contributed by atoms with Crippen molar-refractivity contribution in [2.24, 2.45) is 5.73 Å². The van der Waals surface area contributed by atoms with Crippen LogP contribution in [0.4, 0.5) is 0 Å². The molecule has 22 heavy (non-hydrogen) atoms. The van der Waals surface area contributed by atoms with Gasteiger partial charge >= 0.3 is 0 Å². The Morgan fingerprint density at radius 1 is 1.18 bits per heavy atom. The molecule has 0 bridgehead atoms. The molecule has 2 aromatic rings. The quantitative estimate of drug-likeness (QED) is 0.880. The van der Waals surface area contributed by atoms with E-state index in [-0.39, 0.29) is 24.4 Å². The first-order chi connectivity index (χ1) is 10.0. The highest BCUT2D eigenvalue weighted by Crippen LogP contribution is 2.19. The minimum absolute atomic E-state index is 0. The highest BCUT2D eigenvalue weighted by atomic mass is 35.5. The molecule has 0 aliphatic heterocycles. The van der Waals surface area contributed by atoms with E-state index in [2.05, 4.69) is 43.4 Å². The SMILES string of the molecule is CC(C)c1ccc(C(C)NC(=O)c2coc(CN)c2)cc1.Cl. The zero-order valence-corrected chi connectivity index (χ0v) is 13.9. The van der Waals surface area contributed by atoms with Crippen LogP contribution in [0.15, 0.2) is 41.0 Å². The Morgan fingerprint density at radius 3 is 2.27 bits per heavy atom. The fourth-order valence-electron chi connectivity index (χ4n) is 2.14. The average Bonchev–Trinajstić information content (AvgIpc) is 2.96. The van der Waals surface area contributed by atoms with E-state index >= 15 is 0 Å². The van der Waals surface area contributed by atoms with E-state index in [1.165, 1.54) is 11.8 Å². The number of nitrogens with one attached hydrogen (secondary N) is 1. The van der Waals surface area contributed by atoms with Gasteiger partial charge in [-0.05, 0) is 30.0 Å². The summed E-state index contributed by atoms with van der Waals surface area (Å²) in [5.74, 6) is 0.956. The van der Waals surface area contributed by atoms with E-state index in [9.17, 15) is 4.79 Å². The molecule has 0 fully saturated rings. The van der Waals surface area contributed by atoms with Gasteiger partial charge in [0.2, 0.25) is 0 Å². The zero-order valence-electron chi connectivity index (χ0n) is 13.1. The molecule has 1 aromatic heterocycles. The summed E-state index contributed by atoms with van der Waals surface area (Å²) >= 11 is 0. The summed E-state index contributed by atoms with van der Waals surface area (Å²) in [6, 6.07) is 9.93. The first-order valence-electron chi connectivity index (χ1n) is 7.19. The number of halogens is 1.